The number of aryl methyl sites for hydroxylation is 1. The third-order valence-electron chi connectivity index (χ3n) is 3.38. The minimum Gasteiger partial charge on any atom is -0.481 e. The first kappa shape index (κ1) is 18.6. The zero-order chi connectivity index (χ0) is 17.6. The van der Waals surface area contributed by atoms with Crippen molar-refractivity contribution in [2.75, 3.05) is 0 Å². The Bertz CT molecular complexity index is 588. The van der Waals surface area contributed by atoms with Gasteiger partial charge in [-0.05, 0) is 26.3 Å². The number of nitrogens with one attached hydrogen (secondary N) is 2. The number of carboxylic acids is 1. The highest BCUT2D eigenvalue weighted by molar-refractivity contribution is 5.91. The zero-order valence-electron chi connectivity index (χ0n) is 13.5. The Morgan fingerprint density at radius 3 is 2.39 bits per heavy atom. The van der Waals surface area contributed by atoms with E-state index < -0.39 is 30.4 Å². The lowest BCUT2D eigenvalue weighted by Gasteiger charge is -2.20. The van der Waals surface area contributed by atoms with Gasteiger partial charge in [-0.1, -0.05) is 29.8 Å². The van der Waals surface area contributed by atoms with Crippen LogP contribution in [0.25, 0.3) is 0 Å². The first-order valence-electron chi connectivity index (χ1n) is 7.35. The molecule has 1 aromatic carbocycles. The Labute approximate surface area is 135 Å². The molecule has 0 unspecified atom stereocenters. The molecule has 0 aliphatic rings. The van der Waals surface area contributed by atoms with Crippen LogP contribution in [0.5, 0.6) is 0 Å². The summed E-state index contributed by atoms with van der Waals surface area (Å²) < 4.78 is 0. The molecule has 0 spiro atoms. The molecule has 7 heteroatoms. The third kappa shape index (κ3) is 6.07. The third-order valence-corrected chi connectivity index (χ3v) is 3.38. The molecule has 0 saturated carbocycles. The van der Waals surface area contributed by atoms with Crippen molar-refractivity contribution in [3.05, 3.63) is 35.4 Å². The molecule has 0 fully saturated rings. The minimum atomic E-state index is -1.18. The van der Waals surface area contributed by atoms with E-state index in [1.165, 1.54) is 6.92 Å². The largest absolute Gasteiger partial charge is 0.481 e. The SMILES string of the molecule is Cc1cccc([C@@H](C)NC(=O)[C@@H](C)NC(=O)[C@@H](N)CC(=O)O)c1. The second-order valence-corrected chi connectivity index (χ2v) is 5.58. The maximum Gasteiger partial charge on any atom is 0.305 e. The second kappa shape index (κ2) is 8.28. The van der Waals surface area contributed by atoms with Gasteiger partial charge in [-0.2, -0.15) is 0 Å². The van der Waals surface area contributed by atoms with Gasteiger partial charge in [-0.25, -0.2) is 0 Å². The van der Waals surface area contributed by atoms with Crippen LogP contribution in [0.1, 0.15) is 37.4 Å². The van der Waals surface area contributed by atoms with E-state index in [0.717, 1.165) is 11.1 Å². The predicted molar refractivity (Wildman–Crippen MR) is 85.6 cm³/mol. The number of rotatable bonds is 7. The van der Waals surface area contributed by atoms with E-state index in [0.29, 0.717) is 0 Å². The summed E-state index contributed by atoms with van der Waals surface area (Å²) in [5.74, 6) is -2.20. The van der Waals surface area contributed by atoms with Crippen LogP contribution in [0.3, 0.4) is 0 Å². The van der Waals surface area contributed by atoms with Crippen LogP contribution in [0.2, 0.25) is 0 Å². The number of carbonyl (C=O) groups is 3. The molecule has 1 aromatic rings. The summed E-state index contributed by atoms with van der Waals surface area (Å²) in [7, 11) is 0. The standard InChI is InChI=1S/C16H23N3O4/c1-9-5-4-6-12(7-9)10(2)18-15(22)11(3)19-16(23)13(17)8-14(20)21/h4-7,10-11,13H,8,17H2,1-3H3,(H,18,22)(H,19,23)(H,20,21)/t10-,11-,13+/m1/s1. The number of nitrogens with two attached hydrogens (primary N) is 1. The van der Waals surface area contributed by atoms with Crippen LogP contribution in [-0.2, 0) is 14.4 Å². The van der Waals surface area contributed by atoms with E-state index >= 15 is 0 Å². The molecule has 0 heterocycles. The van der Waals surface area contributed by atoms with Gasteiger partial charge in [0.05, 0.1) is 18.5 Å². The molecule has 0 bridgehead atoms. The lowest BCUT2D eigenvalue weighted by molar-refractivity contribution is -0.139. The molecule has 3 atom stereocenters. The minimum absolute atomic E-state index is 0.213. The fourth-order valence-corrected chi connectivity index (χ4v) is 2.03. The summed E-state index contributed by atoms with van der Waals surface area (Å²) >= 11 is 0. The summed E-state index contributed by atoms with van der Waals surface area (Å²) in [5.41, 5.74) is 7.50. The summed E-state index contributed by atoms with van der Waals surface area (Å²) in [6.07, 6.45) is -0.486. The quantitative estimate of drug-likeness (QED) is 0.582. The maximum atomic E-state index is 12.1. The Kier molecular flexibility index (Phi) is 6.71. The van der Waals surface area contributed by atoms with Crippen molar-refractivity contribution < 1.29 is 19.5 Å². The molecular formula is C16H23N3O4. The molecular weight excluding hydrogens is 298 g/mol. The summed E-state index contributed by atoms with van der Waals surface area (Å²) in [5, 5.41) is 13.8. The first-order valence-corrected chi connectivity index (χ1v) is 7.35. The number of benzene rings is 1. The van der Waals surface area contributed by atoms with Crippen molar-refractivity contribution in [1.82, 2.24) is 10.6 Å². The van der Waals surface area contributed by atoms with Gasteiger partial charge < -0.3 is 21.5 Å². The van der Waals surface area contributed by atoms with Crippen molar-refractivity contribution >= 4 is 17.8 Å². The Morgan fingerprint density at radius 1 is 1.17 bits per heavy atom. The van der Waals surface area contributed by atoms with Crippen molar-refractivity contribution in [3.8, 4) is 0 Å². The monoisotopic (exact) mass is 321 g/mol. The predicted octanol–water partition coefficient (Wildman–Crippen LogP) is 0.479. The lowest BCUT2D eigenvalue weighted by Crippen LogP contribution is -2.51. The normalized spacial score (nSPS) is 14.4. The van der Waals surface area contributed by atoms with Gasteiger partial charge >= 0.3 is 5.97 Å². The molecule has 2 amide bonds. The van der Waals surface area contributed by atoms with Crippen LogP contribution in [-0.4, -0.2) is 35.0 Å². The lowest BCUT2D eigenvalue weighted by atomic mass is 10.1. The molecule has 0 aliphatic heterocycles. The van der Waals surface area contributed by atoms with Crippen molar-refractivity contribution in [2.45, 2.75) is 45.3 Å². The molecule has 7 nitrogen and oxygen atoms in total. The van der Waals surface area contributed by atoms with Gasteiger partial charge in [-0.3, -0.25) is 14.4 Å². The van der Waals surface area contributed by atoms with Gasteiger partial charge in [0.15, 0.2) is 0 Å². The molecule has 0 radical (unpaired) electrons. The van der Waals surface area contributed by atoms with Crippen molar-refractivity contribution in [1.29, 1.82) is 0 Å². The van der Waals surface area contributed by atoms with E-state index in [4.69, 9.17) is 10.8 Å². The zero-order valence-corrected chi connectivity index (χ0v) is 13.5. The number of carbonyl (C=O) groups excluding carboxylic acids is 2. The molecule has 0 aromatic heterocycles. The molecule has 0 aliphatic carbocycles. The van der Waals surface area contributed by atoms with E-state index in [-0.39, 0.29) is 11.9 Å². The Hall–Kier alpha value is -2.41. The highest BCUT2D eigenvalue weighted by Gasteiger charge is 2.22. The molecule has 126 valence electrons. The van der Waals surface area contributed by atoms with Gasteiger partial charge in [0.2, 0.25) is 11.8 Å². The van der Waals surface area contributed by atoms with Gasteiger partial charge in [0, 0.05) is 0 Å². The highest BCUT2D eigenvalue weighted by atomic mass is 16.4. The molecule has 23 heavy (non-hydrogen) atoms. The number of carboxylic acid groups (broad SMARTS) is 1. The number of hydrogen-bond acceptors (Lipinski definition) is 4. The smallest absolute Gasteiger partial charge is 0.305 e. The topological polar surface area (TPSA) is 122 Å². The van der Waals surface area contributed by atoms with E-state index in [9.17, 15) is 14.4 Å². The highest BCUT2D eigenvalue weighted by Crippen LogP contribution is 2.13. The van der Waals surface area contributed by atoms with E-state index in [2.05, 4.69) is 10.6 Å². The van der Waals surface area contributed by atoms with Crippen molar-refractivity contribution in [3.63, 3.8) is 0 Å². The van der Waals surface area contributed by atoms with E-state index in [1.807, 2.05) is 38.1 Å². The number of hydrogen-bond donors (Lipinski definition) is 4. The van der Waals surface area contributed by atoms with Crippen LogP contribution in [0.15, 0.2) is 24.3 Å². The van der Waals surface area contributed by atoms with Crippen LogP contribution < -0.4 is 16.4 Å². The number of amides is 2. The second-order valence-electron chi connectivity index (χ2n) is 5.58. The summed E-state index contributed by atoms with van der Waals surface area (Å²) in [4.78, 5) is 34.3. The van der Waals surface area contributed by atoms with Crippen molar-refractivity contribution in [2.24, 2.45) is 5.73 Å². The average molecular weight is 321 g/mol. The van der Waals surface area contributed by atoms with Gasteiger partial charge in [-0.15, -0.1) is 0 Å². The average Bonchev–Trinajstić information content (AvgIpc) is 2.46. The molecule has 0 saturated heterocycles. The van der Waals surface area contributed by atoms with Gasteiger partial charge in [0.25, 0.3) is 0 Å². The molecule has 5 N–H and O–H groups in total. The van der Waals surface area contributed by atoms with Crippen LogP contribution >= 0.6 is 0 Å². The fourth-order valence-electron chi connectivity index (χ4n) is 2.03. The fraction of sp³-hybridized carbons (Fsp3) is 0.438. The van der Waals surface area contributed by atoms with Gasteiger partial charge in [0.1, 0.15) is 6.04 Å². The maximum absolute atomic E-state index is 12.1. The number of aliphatic carboxylic acids is 1. The van der Waals surface area contributed by atoms with Crippen LogP contribution in [0.4, 0.5) is 0 Å². The van der Waals surface area contributed by atoms with E-state index in [1.54, 1.807) is 0 Å². The Morgan fingerprint density at radius 2 is 1.83 bits per heavy atom. The summed E-state index contributed by atoms with van der Waals surface area (Å²) in [6, 6.07) is 5.54. The molecule has 1 rings (SSSR count). The van der Waals surface area contributed by atoms with Crippen LogP contribution in [0, 0.1) is 6.92 Å². The summed E-state index contributed by atoms with van der Waals surface area (Å²) in [6.45, 7) is 5.33. The Balaban J connectivity index is 2.56. The first-order chi connectivity index (χ1) is 10.7.